The Bertz CT molecular complexity index is 707. The summed E-state index contributed by atoms with van der Waals surface area (Å²) in [6, 6.07) is 8.43. The van der Waals surface area contributed by atoms with Crippen molar-refractivity contribution < 1.29 is 0 Å². The van der Waals surface area contributed by atoms with Crippen LogP contribution >= 0.6 is 0 Å². The smallest absolute Gasteiger partial charge is 0.225 e. The second-order valence-corrected chi connectivity index (χ2v) is 7.91. The average molecular weight is 339 g/mol. The lowest BCUT2D eigenvalue weighted by molar-refractivity contribution is 0.326. The molecule has 3 fully saturated rings. The molecule has 3 heterocycles. The summed E-state index contributed by atoms with van der Waals surface area (Å²) in [6.07, 6.45) is 5.55. The Labute approximate surface area is 150 Å². The molecule has 5 rings (SSSR count). The first kappa shape index (κ1) is 16.6. The molecule has 3 aliphatic rings. The molecule has 1 aromatic carbocycles. The number of hydrogen-bond acceptors (Lipinski definition) is 5. The zero-order valence-corrected chi connectivity index (χ0v) is 15.4. The van der Waals surface area contributed by atoms with Crippen molar-refractivity contribution in [2.24, 2.45) is 11.8 Å². The van der Waals surface area contributed by atoms with Crippen molar-refractivity contribution in [3.63, 3.8) is 0 Å². The van der Waals surface area contributed by atoms with Gasteiger partial charge in [0.25, 0.3) is 0 Å². The van der Waals surface area contributed by atoms with E-state index in [1.165, 1.54) is 31.1 Å². The predicted molar refractivity (Wildman–Crippen MR) is 104 cm³/mol. The first-order valence-electron chi connectivity index (χ1n) is 9.59. The maximum absolute atomic E-state index is 4.94. The van der Waals surface area contributed by atoms with E-state index in [0.29, 0.717) is 0 Å². The van der Waals surface area contributed by atoms with Crippen molar-refractivity contribution in [1.29, 1.82) is 0 Å². The van der Waals surface area contributed by atoms with Crippen LogP contribution in [0.2, 0.25) is 0 Å². The summed E-state index contributed by atoms with van der Waals surface area (Å²) in [5.74, 6) is 3.54. The molecule has 0 atom stereocenters. The third kappa shape index (κ3) is 3.71. The van der Waals surface area contributed by atoms with E-state index in [2.05, 4.69) is 53.5 Å². The fourth-order valence-corrected chi connectivity index (χ4v) is 4.24. The van der Waals surface area contributed by atoms with Crippen molar-refractivity contribution in [2.45, 2.75) is 25.7 Å². The lowest BCUT2D eigenvalue weighted by Crippen LogP contribution is -2.29. The molecule has 2 aliphatic heterocycles. The van der Waals surface area contributed by atoms with E-state index in [1.54, 1.807) is 0 Å². The molecule has 0 unspecified atom stereocenters. The van der Waals surface area contributed by atoms with Gasteiger partial charge in [-0.3, -0.25) is 0 Å². The third-order valence-electron chi connectivity index (χ3n) is 5.65. The van der Waals surface area contributed by atoms with Crippen LogP contribution in [-0.4, -0.2) is 55.1 Å². The summed E-state index contributed by atoms with van der Waals surface area (Å²) < 4.78 is 0. The molecule has 134 valence electrons. The molecule has 0 amide bonds. The lowest BCUT2D eigenvalue weighted by Gasteiger charge is -2.25. The minimum atomic E-state index is 0.757. The van der Waals surface area contributed by atoms with Gasteiger partial charge in [-0.05, 0) is 63.7 Å². The second kappa shape index (κ2) is 7.16. The number of nitrogens with zero attached hydrogens (tertiary/aromatic N) is 4. The first-order chi connectivity index (χ1) is 12.2. The van der Waals surface area contributed by atoms with Crippen LogP contribution in [0.5, 0.6) is 0 Å². The molecule has 2 aromatic rings. The van der Waals surface area contributed by atoms with Crippen LogP contribution in [0.15, 0.2) is 24.3 Å². The Balaban J connectivity index is 1.66. The number of benzene rings is 1. The highest BCUT2D eigenvalue weighted by molar-refractivity contribution is 5.90. The largest absolute Gasteiger partial charge is 0.355 e. The molecule has 2 bridgehead atoms. The zero-order valence-electron chi connectivity index (χ0n) is 15.4. The molecule has 0 spiro atoms. The third-order valence-corrected chi connectivity index (χ3v) is 5.65. The number of para-hydroxylation sites is 1. The topological polar surface area (TPSA) is 44.3 Å². The van der Waals surface area contributed by atoms with Gasteiger partial charge in [-0.2, -0.15) is 4.98 Å². The molecule has 1 aromatic heterocycles. The summed E-state index contributed by atoms with van der Waals surface area (Å²) in [6.45, 7) is 4.12. The highest BCUT2D eigenvalue weighted by atomic mass is 15.2. The zero-order chi connectivity index (χ0) is 17.2. The van der Waals surface area contributed by atoms with E-state index in [-0.39, 0.29) is 0 Å². The molecule has 0 radical (unpaired) electrons. The minimum Gasteiger partial charge on any atom is -0.355 e. The van der Waals surface area contributed by atoms with E-state index in [9.17, 15) is 0 Å². The van der Waals surface area contributed by atoms with Crippen molar-refractivity contribution in [3.05, 3.63) is 24.3 Å². The van der Waals surface area contributed by atoms with Gasteiger partial charge in [0.2, 0.25) is 5.95 Å². The van der Waals surface area contributed by atoms with Gasteiger partial charge < -0.3 is 15.1 Å². The van der Waals surface area contributed by atoms with E-state index in [4.69, 9.17) is 9.97 Å². The van der Waals surface area contributed by atoms with E-state index >= 15 is 0 Å². The molecular formula is C20H29N5. The molecule has 5 heteroatoms. The van der Waals surface area contributed by atoms with Gasteiger partial charge >= 0.3 is 0 Å². The van der Waals surface area contributed by atoms with Gasteiger partial charge in [-0.25, -0.2) is 4.98 Å². The van der Waals surface area contributed by atoms with Gasteiger partial charge in [0.15, 0.2) is 0 Å². The SMILES string of the molecule is CN(C)CCNc1nc(N2CC3CCC(CC3)C2)c2ccccc2n1. The maximum Gasteiger partial charge on any atom is 0.225 e. The number of anilines is 2. The standard InChI is InChI=1S/C20H29N5/c1-24(2)12-11-21-20-22-18-6-4-3-5-17(18)19(23-20)25-13-15-7-8-16(14-25)10-9-15/h3-6,15-16H,7-14H2,1-2H3,(H,21,22,23). The van der Waals surface area contributed by atoms with Crippen LogP contribution < -0.4 is 10.2 Å². The van der Waals surface area contributed by atoms with Crippen LogP contribution in [0.3, 0.4) is 0 Å². The molecule has 2 saturated heterocycles. The molecule has 25 heavy (non-hydrogen) atoms. The molecule has 1 aliphatic carbocycles. The monoisotopic (exact) mass is 339 g/mol. The van der Waals surface area contributed by atoms with Crippen molar-refractivity contribution in [3.8, 4) is 0 Å². The maximum atomic E-state index is 4.94. The van der Waals surface area contributed by atoms with Gasteiger partial charge in [-0.1, -0.05) is 12.1 Å². The fraction of sp³-hybridized carbons (Fsp3) is 0.600. The Morgan fingerprint density at radius 1 is 1.04 bits per heavy atom. The normalized spacial score (nSPS) is 23.2. The molecule has 5 nitrogen and oxygen atoms in total. The number of hydrogen-bond donors (Lipinski definition) is 1. The van der Waals surface area contributed by atoms with Crippen LogP contribution in [0, 0.1) is 11.8 Å². The summed E-state index contributed by atoms with van der Waals surface area (Å²) in [5, 5.41) is 4.59. The van der Waals surface area contributed by atoms with Crippen LogP contribution in [0.1, 0.15) is 25.7 Å². The molecular weight excluding hydrogens is 310 g/mol. The average Bonchev–Trinajstić information content (AvgIpc) is 2.94. The van der Waals surface area contributed by atoms with Crippen molar-refractivity contribution in [2.75, 3.05) is 50.5 Å². The Morgan fingerprint density at radius 2 is 1.72 bits per heavy atom. The first-order valence-corrected chi connectivity index (χ1v) is 9.59. The number of rotatable bonds is 5. The second-order valence-electron chi connectivity index (χ2n) is 7.91. The molecule has 1 saturated carbocycles. The Kier molecular flexibility index (Phi) is 4.75. The van der Waals surface area contributed by atoms with Gasteiger partial charge in [0.1, 0.15) is 5.82 Å². The fourth-order valence-electron chi connectivity index (χ4n) is 4.24. The number of fused-ring (bicyclic) bond motifs is 5. The Hall–Kier alpha value is -1.88. The minimum absolute atomic E-state index is 0.757. The summed E-state index contributed by atoms with van der Waals surface area (Å²) in [7, 11) is 4.17. The Morgan fingerprint density at radius 3 is 2.40 bits per heavy atom. The highest BCUT2D eigenvalue weighted by Gasteiger charge is 2.30. The molecule has 1 N–H and O–H groups in total. The van der Waals surface area contributed by atoms with Crippen molar-refractivity contribution >= 4 is 22.7 Å². The summed E-state index contributed by atoms with van der Waals surface area (Å²) in [5.41, 5.74) is 1.04. The lowest BCUT2D eigenvalue weighted by atomic mass is 9.84. The van der Waals surface area contributed by atoms with E-state index < -0.39 is 0 Å². The van der Waals surface area contributed by atoms with Crippen LogP contribution in [0.4, 0.5) is 11.8 Å². The van der Waals surface area contributed by atoms with Crippen LogP contribution in [0.25, 0.3) is 10.9 Å². The number of likely N-dealkylation sites (N-methyl/N-ethyl adjacent to an activating group) is 1. The number of nitrogens with one attached hydrogen (secondary N) is 1. The quantitative estimate of drug-likeness (QED) is 0.906. The van der Waals surface area contributed by atoms with Gasteiger partial charge in [0, 0.05) is 31.6 Å². The number of aromatic nitrogens is 2. The van der Waals surface area contributed by atoms with Gasteiger partial charge in [0.05, 0.1) is 5.52 Å². The van der Waals surface area contributed by atoms with E-state index in [1.807, 2.05) is 0 Å². The summed E-state index contributed by atoms with van der Waals surface area (Å²) >= 11 is 0. The highest BCUT2D eigenvalue weighted by Crippen LogP contribution is 2.37. The van der Waals surface area contributed by atoms with E-state index in [0.717, 1.165) is 55.3 Å². The van der Waals surface area contributed by atoms with Crippen LogP contribution in [-0.2, 0) is 0 Å². The van der Waals surface area contributed by atoms with Crippen molar-refractivity contribution in [1.82, 2.24) is 14.9 Å². The van der Waals surface area contributed by atoms with Gasteiger partial charge in [-0.15, -0.1) is 0 Å². The predicted octanol–water partition coefficient (Wildman–Crippen LogP) is 3.23. The summed E-state index contributed by atoms with van der Waals surface area (Å²) in [4.78, 5) is 14.4.